The van der Waals surface area contributed by atoms with Crippen LogP contribution in [-0.4, -0.2) is 20.3 Å². The zero-order chi connectivity index (χ0) is 10.4. The lowest BCUT2D eigenvalue weighted by molar-refractivity contribution is 0.155. The summed E-state index contributed by atoms with van der Waals surface area (Å²) in [6, 6.07) is 8.22. The van der Waals surface area contributed by atoms with E-state index in [1.807, 2.05) is 12.1 Å². The van der Waals surface area contributed by atoms with Crippen LogP contribution in [0.15, 0.2) is 28.7 Å². The first kappa shape index (κ1) is 11.7. The minimum atomic E-state index is 0.402. The Hall–Kier alpha value is -0.380. The molecule has 0 amide bonds. The quantitative estimate of drug-likeness (QED) is 0.878. The van der Waals surface area contributed by atoms with E-state index in [-0.39, 0.29) is 0 Å². The first-order chi connectivity index (χ1) is 6.77. The van der Waals surface area contributed by atoms with Crippen LogP contribution in [0.3, 0.4) is 0 Å². The van der Waals surface area contributed by atoms with Crippen molar-refractivity contribution in [2.45, 2.75) is 6.42 Å². The predicted octanol–water partition coefficient (Wildman–Crippen LogP) is 2.21. The molecule has 14 heavy (non-hydrogen) atoms. The van der Waals surface area contributed by atoms with Crippen molar-refractivity contribution in [1.29, 1.82) is 0 Å². The van der Waals surface area contributed by atoms with Crippen LogP contribution in [-0.2, 0) is 11.2 Å². The Bertz CT molecular complexity index is 278. The highest BCUT2D eigenvalue weighted by Crippen LogP contribution is 2.19. The summed E-state index contributed by atoms with van der Waals surface area (Å²) in [7, 11) is 1.71. The number of benzene rings is 1. The van der Waals surface area contributed by atoms with E-state index >= 15 is 0 Å². The fourth-order valence-electron chi connectivity index (χ4n) is 1.42. The molecular weight excluding hydrogens is 242 g/mol. The summed E-state index contributed by atoms with van der Waals surface area (Å²) in [6.07, 6.45) is 0.964. The summed E-state index contributed by atoms with van der Waals surface area (Å²) >= 11 is 3.52. The number of methoxy groups -OCH3 is 1. The molecule has 0 aromatic heterocycles. The first-order valence-electron chi connectivity index (χ1n) is 4.70. The third-order valence-corrected chi connectivity index (χ3v) is 2.98. The lowest BCUT2D eigenvalue weighted by Crippen LogP contribution is -2.21. The maximum atomic E-state index is 5.66. The molecule has 0 aliphatic carbocycles. The van der Waals surface area contributed by atoms with Gasteiger partial charge in [-0.25, -0.2) is 0 Å². The molecule has 0 bridgehead atoms. The molecule has 0 fully saturated rings. The summed E-state index contributed by atoms with van der Waals surface area (Å²) in [5, 5.41) is 0. The van der Waals surface area contributed by atoms with Gasteiger partial charge in [0, 0.05) is 11.6 Å². The highest BCUT2D eigenvalue weighted by atomic mass is 79.9. The monoisotopic (exact) mass is 257 g/mol. The van der Waals surface area contributed by atoms with Crippen LogP contribution in [0.1, 0.15) is 5.56 Å². The van der Waals surface area contributed by atoms with E-state index in [9.17, 15) is 0 Å². The van der Waals surface area contributed by atoms with Gasteiger partial charge in [0.25, 0.3) is 0 Å². The summed E-state index contributed by atoms with van der Waals surface area (Å²) < 4.78 is 6.26. The Kier molecular flexibility index (Phi) is 5.15. The molecule has 0 saturated carbocycles. The zero-order valence-corrected chi connectivity index (χ0v) is 9.96. The first-order valence-corrected chi connectivity index (χ1v) is 5.49. The van der Waals surface area contributed by atoms with E-state index in [1.54, 1.807) is 7.11 Å². The molecule has 0 saturated heterocycles. The normalized spacial score (nSPS) is 12.8. The molecule has 1 rings (SSSR count). The van der Waals surface area contributed by atoms with Crippen LogP contribution in [0, 0.1) is 5.92 Å². The molecular formula is C11H16BrNO. The van der Waals surface area contributed by atoms with E-state index in [0.717, 1.165) is 17.5 Å². The van der Waals surface area contributed by atoms with E-state index in [0.29, 0.717) is 12.5 Å². The van der Waals surface area contributed by atoms with E-state index in [2.05, 4.69) is 28.1 Å². The van der Waals surface area contributed by atoms with Gasteiger partial charge in [0.2, 0.25) is 0 Å². The average Bonchev–Trinajstić information content (AvgIpc) is 2.20. The van der Waals surface area contributed by atoms with Gasteiger partial charge < -0.3 is 10.5 Å². The average molecular weight is 258 g/mol. The number of hydrogen-bond acceptors (Lipinski definition) is 2. The van der Waals surface area contributed by atoms with Crippen LogP contribution in [0.2, 0.25) is 0 Å². The van der Waals surface area contributed by atoms with Crippen LogP contribution < -0.4 is 5.73 Å². The zero-order valence-electron chi connectivity index (χ0n) is 8.37. The smallest absolute Gasteiger partial charge is 0.0505 e. The van der Waals surface area contributed by atoms with Gasteiger partial charge in [0.15, 0.2) is 0 Å². The summed E-state index contributed by atoms with van der Waals surface area (Å²) in [5.74, 6) is 0.402. The third kappa shape index (κ3) is 3.40. The van der Waals surface area contributed by atoms with Crippen molar-refractivity contribution in [3.63, 3.8) is 0 Å². The molecule has 0 aliphatic rings. The summed E-state index contributed by atoms with van der Waals surface area (Å²) in [5.41, 5.74) is 6.95. The number of nitrogens with two attached hydrogens (primary N) is 1. The summed E-state index contributed by atoms with van der Waals surface area (Å²) in [6.45, 7) is 1.38. The lowest BCUT2D eigenvalue weighted by atomic mass is 10.0. The molecule has 78 valence electrons. The van der Waals surface area contributed by atoms with Crippen LogP contribution >= 0.6 is 15.9 Å². The van der Waals surface area contributed by atoms with Crippen LogP contribution in [0.25, 0.3) is 0 Å². The lowest BCUT2D eigenvalue weighted by Gasteiger charge is -2.14. The van der Waals surface area contributed by atoms with Crippen molar-refractivity contribution >= 4 is 15.9 Å². The van der Waals surface area contributed by atoms with Crippen molar-refractivity contribution in [3.8, 4) is 0 Å². The molecule has 1 atom stereocenters. The molecule has 1 unspecified atom stereocenters. The van der Waals surface area contributed by atoms with Crippen molar-refractivity contribution in [1.82, 2.24) is 0 Å². The minimum absolute atomic E-state index is 0.402. The Balaban J connectivity index is 2.62. The second kappa shape index (κ2) is 6.17. The van der Waals surface area contributed by atoms with Gasteiger partial charge >= 0.3 is 0 Å². The molecule has 3 heteroatoms. The highest BCUT2D eigenvalue weighted by molar-refractivity contribution is 9.10. The molecule has 1 aromatic rings. The topological polar surface area (TPSA) is 35.2 Å². The van der Waals surface area contributed by atoms with E-state index in [4.69, 9.17) is 10.5 Å². The Morgan fingerprint density at radius 1 is 1.43 bits per heavy atom. The second-order valence-electron chi connectivity index (χ2n) is 3.35. The molecule has 2 nitrogen and oxygen atoms in total. The van der Waals surface area contributed by atoms with Gasteiger partial charge in [0.1, 0.15) is 0 Å². The third-order valence-electron chi connectivity index (χ3n) is 2.20. The predicted molar refractivity (Wildman–Crippen MR) is 62.3 cm³/mol. The molecule has 1 aromatic carbocycles. The van der Waals surface area contributed by atoms with Crippen LogP contribution in [0.4, 0.5) is 0 Å². The van der Waals surface area contributed by atoms with Gasteiger partial charge in [-0.2, -0.15) is 0 Å². The number of rotatable bonds is 5. The molecule has 2 N–H and O–H groups in total. The molecule has 0 heterocycles. The van der Waals surface area contributed by atoms with Gasteiger partial charge in [-0.1, -0.05) is 34.1 Å². The Morgan fingerprint density at radius 2 is 2.14 bits per heavy atom. The fourth-order valence-corrected chi connectivity index (χ4v) is 1.87. The van der Waals surface area contributed by atoms with Gasteiger partial charge in [-0.05, 0) is 30.5 Å². The van der Waals surface area contributed by atoms with Crippen molar-refractivity contribution in [3.05, 3.63) is 34.3 Å². The molecule has 0 aliphatic heterocycles. The van der Waals surface area contributed by atoms with Gasteiger partial charge in [-0.3, -0.25) is 0 Å². The minimum Gasteiger partial charge on any atom is -0.384 e. The van der Waals surface area contributed by atoms with E-state index < -0.39 is 0 Å². The Morgan fingerprint density at radius 3 is 2.71 bits per heavy atom. The van der Waals surface area contributed by atoms with Crippen molar-refractivity contribution in [2.75, 3.05) is 20.3 Å². The maximum Gasteiger partial charge on any atom is 0.0505 e. The van der Waals surface area contributed by atoms with Crippen LogP contribution in [0.5, 0.6) is 0 Å². The molecule has 0 radical (unpaired) electrons. The number of ether oxygens (including phenoxy) is 1. The largest absolute Gasteiger partial charge is 0.384 e. The van der Waals surface area contributed by atoms with Gasteiger partial charge in [0.05, 0.1) is 6.61 Å². The van der Waals surface area contributed by atoms with Crippen molar-refractivity contribution < 1.29 is 4.74 Å². The Labute approximate surface area is 93.6 Å². The SMILES string of the molecule is COCC(CN)Cc1ccccc1Br. The van der Waals surface area contributed by atoms with E-state index in [1.165, 1.54) is 5.56 Å². The highest BCUT2D eigenvalue weighted by Gasteiger charge is 2.08. The maximum absolute atomic E-state index is 5.66. The number of halogens is 1. The fraction of sp³-hybridized carbons (Fsp3) is 0.455. The molecule has 0 spiro atoms. The standard InChI is InChI=1S/C11H16BrNO/c1-14-8-9(7-13)6-10-4-2-3-5-11(10)12/h2-5,9H,6-8,13H2,1H3. The summed E-state index contributed by atoms with van der Waals surface area (Å²) in [4.78, 5) is 0. The number of hydrogen-bond donors (Lipinski definition) is 1. The second-order valence-corrected chi connectivity index (χ2v) is 4.21. The van der Waals surface area contributed by atoms with Crippen molar-refractivity contribution in [2.24, 2.45) is 11.7 Å². The van der Waals surface area contributed by atoms with Gasteiger partial charge in [-0.15, -0.1) is 0 Å².